The number of ether oxygens (including phenoxy) is 1. The molecule has 10 heteroatoms. The number of hydrogen-bond donors (Lipinski definition) is 0. The standard InChI is InChI=1S/C19H22N6O4/c1-4-24-14(2)15(11-20-24)12-22(3)19(26)16-9-10-23(21-16)13-29-18-8-6-5-7-17(18)25(27)28/h5-11H,4,12-13H2,1-3H3. The number of hydrogen-bond acceptors (Lipinski definition) is 6. The van der Waals surface area contributed by atoms with Gasteiger partial charge in [0, 0.05) is 43.7 Å². The average molecular weight is 398 g/mol. The lowest BCUT2D eigenvalue weighted by Crippen LogP contribution is -2.27. The van der Waals surface area contributed by atoms with E-state index in [2.05, 4.69) is 10.2 Å². The van der Waals surface area contributed by atoms with Crippen LogP contribution < -0.4 is 4.74 Å². The first-order chi connectivity index (χ1) is 13.9. The number of nitro groups is 1. The van der Waals surface area contributed by atoms with E-state index >= 15 is 0 Å². The van der Waals surface area contributed by atoms with Gasteiger partial charge in [0.25, 0.3) is 5.91 Å². The van der Waals surface area contributed by atoms with Crippen LogP contribution in [0.2, 0.25) is 0 Å². The fourth-order valence-electron chi connectivity index (χ4n) is 2.90. The first-order valence-corrected chi connectivity index (χ1v) is 9.07. The molecular formula is C19H22N6O4. The second-order valence-corrected chi connectivity index (χ2v) is 6.47. The number of aromatic nitrogens is 4. The van der Waals surface area contributed by atoms with Crippen molar-refractivity contribution in [3.8, 4) is 5.75 Å². The second-order valence-electron chi connectivity index (χ2n) is 6.47. The van der Waals surface area contributed by atoms with Gasteiger partial charge in [0.1, 0.15) is 0 Å². The SMILES string of the molecule is CCn1ncc(CN(C)C(=O)c2ccn(COc3ccccc3[N+](=O)[O-])n2)c1C. The molecule has 0 unspecified atom stereocenters. The number of benzene rings is 1. The summed E-state index contributed by atoms with van der Waals surface area (Å²) < 4.78 is 8.78. The van der Waals surface area contributed by atoms with Crippen molar-refractivity contribution >= 4 is 11.6 Å². The lowest BCUT2D eigenvalue weighted by Gasteiger charge is -2.15. The van der Waals surface area contributed by atoms with Crippen molar-refractivity contribution in [2.45, 2.75) is 33.7 Å². The Hall–Kier alpha value is -3.69. The van der Waals surface area contributed by atoms with Gasteiger partial charge in [0.05, 0.1) is 11.1 Å². The van der Waals surface area contributed by atoms with E-state index in [0.29, 0.717) is 6.54 Å². The molecule has 0 N–H and O–H groups in total. The van der Waals surface area contributed by atoms with Crippen LogP contribution >= 0.6 is 0 Å². The Bertz CT molecular complexity index is 1030. The lowest BCUT2D eigenvalue weighted by atomic mass is 10.2. The number of carbonyl (C=O) groups excluding carboxylic acids is 1. The second kappa shape index (κ2) is 8.55. The minimum absolute atomic E-state index is 0.0514. The van der Waals surface area contributed by atoms with Gasteiger partial charge < -0.3 is 9.64 Å². The Balaban J connectivity index is 1.64. The van der Waals surface area contributed by atoms with Crippen LogP contribution in [0.4, 0.5) is 5.69 Å². The van der Waals surface area contributed by atoms with Crippen molar-refractivity contribution < 1.29 is 14.5 Å². The number of nitro benzene ring substituents is 1. The van der Waals surface area contributed by atoms with Crippen LogP contribution in [0.15, 0.2) is 42.7 Å². The summed E-state index contributed by atoms with van der Waals surface area (Å²) in [5.74, 6) is -0.0977. The molecule has 10 nitrogen and oxygen atoms in total. The van der Waals surface area contributed by atoms with E-state index in [4.69, 9.17) is 4.74 Å². The quantitative estimate of drug-likeness (QED) is 0.426. The molecule has 0 saturated carbocycles. The maximum atomic E-state index is 12.7. The van der Waals surface area contributed by atoms with Crippen molar-refractivity contribution in [1.82, 2.24) is 24.5 Å². The Morgan fingerprint density at radius 2 is 2.07 bits per heavy atom. The zero-order valence-corrected chi connectivity index (χ0v) is 16.5. The van der Waals surface area contributed by atoms with Crippen LogP contribution in [0.1, 0.15) is 28.7 Å². The topological polar surface area (TPSA) is 108 Å². The van der Waals surface area contributed by atoms with Crippen LogP contribution in [0, 0.1) is 17.0 Å². The van der Waals surface area contributed by atoms with E-state index < -0.39 is 4.92 Å². The maximum Gasteiger partial charge on any atom is 0.311 e. The predicted octanol–water partition coefficient (Wildman–Crippen LogP) is 2.62. The van der Waals surface area contributed by atoms with Crippen LogP contribution in [-0.4, -0.2) is 42.3 Å². The van der Waals surface area contributed by atoms with Crippen molar-refractivity contribution in [2.24, 2.45) is 0 Å². The first-order valence-electron chi connectivity index (χ1n) is 9.07. The van der Waals surface area contributed by atoms with Crippen molar-refractivity contribution in [3.05, 3.63) is 69.8 Å². The molecule has 0 aliphatic carbocycles. The van der Waals surface area contributed by atoms with E-state index in [1.165, 1.54) is 16.8 Å². The highest BCUT2D eigenvalue weighted by Crippen LogP contribution is 2.26. The largest absolute Gasteiger partial charge is 0.464 e. The lowest BCUT2D eigenvalue weighted by molar-refractivity contribution is -0.386. The van der Waals surface area contributed by atoms with Gasteiger partial charge in [0.15, 0.2) is 18.2 Å². The summed E-state index contributed by atoms with van der Waals surface area (Å²) in [6.07, 6.45) is 3.36. The van der Waals surface area contributed by atoms with E-state index in [1.807, 2.05) is 18.5 Å². The molecule has 0 aliphatic heterocycles. The molecule has 0 bridgehead atoms. The predicted molar refractivity (Wildman–Crippen MR) is 104 cm³/mol. The molecule has 1 amide bonds. The van der Waals surface area contributed by atoms with E-state index in [9.17, 15) is 14.9 Å². The Morgan fingerprint density at radius 1 is 1.31 bits per heavy atom. The van der Waals surface area contributed by atoms with Gasteiger partial charge in [-0.15, -0.1) is 0 Å². The maximum absolute atomic E-state index is 12.7. The zero-order chi connectivity index (χ0) is 21.0. The van der Waals surface area contributed by atoms with Crippen LogP contribution in [-0.2, 0) is 19.8 Å². The number of rotatable bonds is 8. The fourth-order valence-corrected chi connectivity index (χ4v) is 2.90. The summed E-state index contributed by atoms with van der Waals surface area (Å²) in [5.41, 5.74) is 2.13. The molecule has 3 aromatic rings. The Morgan fingerprint density at radius 3 is 2.76 bits per heavy atom. The van der Waals surface area contributed by atoms with Gasteiger partial charge >= 0.3 is 5.69 Å². The van der Waals surface area contributed by atoms with Gasteiger partial charge in [0.2, 0.25) is 0 Å². The number of para-hydroxylation sites is 2. The first kappa shape index (κ1) is 20.1. The van der Waals surface area contributed by atoms with Gasteiger partial charge in [-0.2, -0.15) is 10.2 Å². The fraction of sp³-hybridized carbons (Fsp3) is 0.316. The summed E-state index contributed by atoms with van der Waals surface area (Å²) in [5, 5.41) is 19.5. The minimum Gasteiger partial charge on any atom is -0.464 e. The number of carbonyl (C=O) groups is 1. The third kappa shape index (κ3) is 4.42. The molecule has 0 aliphatic rings. The molecule has 2 aromatic heterocycles. The van der Waals surface area contributed by atoms with Crippen molar-refractivity contribution in [1.29, 1.82) is 0 Å². The number of nitrogens with zero attached hydrogens (tertiary/aromatic N) is 6. The molecule has 0 fully saturated rings. The summed E-state index contributed by atoms with van der Waals surface area (Å²) in [4.78, 5) is 24.8. The highest BCUT2D eigenvalue weighted by atomic mass is 16.6. The Labute approximate surface area is 167 Å². The molecule has 3 rings (SSSR count). The summed E-state index contributed by atoms with van der Waals surface area (Å²) in [6, 6.07) is 7.69. The van der Waals surface area contributed by atoms with E-state index in [0.717, 1.165) is 17.8 Å². The van der Waals surface area contributed by atoms with Gasteiger partial charge in [-0.25, -0.2) is 4.68 Å². The van der Waals surface area contributed by atoms with E-state index in [-0.39, 0.29) is 29.8 Å². The van der Waals surface area contributed by atoms with Crippen LogP contribution in [0.25, 0.3) is 0 Å². The number of aryl methyl sites for hydroxylation is 1. The van der Waals surface area contributed by atoms with Crippen molar-refractivity contribution in [3.63, 3.8) is 0 Å². The van der Waals surface area contributed by atoms with Gasteiger partial charge in [-0.1, -0.05) is 12.1 Å². The normalized spacial score (nSPS) is 10.7. The molecule has 0 spiro atoms. The molecular weight excluding hydrogens is 376 g/mol. The smallest absolute Gasteiger partial charge is 0.311 e. The van der Waals surface area contributed by atoms with Crippen LogP contribution in [0.3, 0.4) is 0 Å². The zero-order valence-electron chi connectivity index (χ0n) is 16.5. The Kier molecular flexibility index (Phi) is 5.91. The monoisotopic (exact) mass is 398 g/mol. The summed E-state index contributed by atoms with van der Waals surface area (Å²) in [7, 11) is 1.70. The van der Waals surface area contributed by atoms with E-state index in [1.54, 1.807) is 42.5 Å². The van der Waals surface area contributed by atoms with Crippen molar-refractivity contribution in [2.75, 3.05) is 7.05 Å². The third-order valence-electron chi connectivity index (χ3n) is 4.53. The molecule has 29 heavy (non-hydrogen) atoms. The molecule has 0 atom stereocenters. The van der Waals surface area contributed by atoms with Crippen LogP contribution in [0.5, 0.6) is 5.75 Å². The molecule has 0 saturated heterocycles. The van der Waals surface area contributed by atoms with Gasteiger partial charge in [-0.05, 0) is 26.0 Å². The summed E-state index contributed by atoms with van der Waals surface area (Å²) in [6.45, 7) is 5.12. The molecule has 0 radical (unpaired) electrons. The highest BCUT2D eigenvalue weighted by Gasteiger charge is 2.18. The average Bonchev–Trinajstić information content (AvgIpc) is 3.33. The number of amides is 1. The minimum atomic E-state index is -0.509. The molecule has 1 aromatic carbocycles. The summed E-state index contributed by atoms with van der Waals surface area (Å²) >= 11 is 0. The highest BCUT2D eigenvalue weighted by molar-refractivity contribution is 5.91. The molecule has 2 heterocycles. The molecule has 152 valence electrons. The third-order valence-corrected chi connectivity index (χ3v) is 4.53. The van der Waals surface area contributed by atoms with Gasteiger partial charge in [-0.3, -0.25) is 19.6 Å².